The van der Waals surface area contributed by atoms with E-state index in [1.165, 1.54) is 18.2 Å². The molecule has 9 heteroatoms. The van der Waals surface area contributed by atoms with Gasteiger partial charge in [0.15, 0.2) is 0 Å². The highest BCUT2D eigenvalue weighted by Gasteiger charge is 2.18. The lowest BCUT2D eigenvalue weighted by Gasteiger charge is -2.08. The molecule has 0 heterocycles. The number of sulfonamides is 1. The van der Waals surface area contributed by atoms with E-state index in [0.29, 0.717) is 4.47 Å². The number of rotatable bonds is 3. The largest absolute Gasteiger partial charge is 0.452 e. The van der Waals surface area contributed by atoms with E-state index in [-0.39, 0.29) is 9.92 Å². The molecular formula is C8H8BrClN2O4S. The summed E-state index contributed by atoms with van der Waals surface area (Å²) >= 11 is 8.92. The Morgan fingerprint density at radius 2 is 2.12 bits per heavy atom. The smallest absolute Gasteiger partial charge is 0.422 e. The van der Waals surface area contributed by atoms with Crippen molar-refractivity contribution in [2.24, 2.45) is 0 Å². The molecule has 0 aliphatic heterocycles. The molecule has 1 aromatic carbocycles. The van der Waals surface area contributed by atoms with Gasteiger partial charge in [-0.05, 0) is 18.2 Å². The lowest BCUT2D eigenvalue weighted by molar-refractivity contribution is 0.169. The number of hydrazine groups is 1. The second kappa shape index (κ2) is 5.67. The van der Waals surface area contributed by atoms with Crippen molar-refractivity contribution >= 4 is 43.6 Å². The summed E-state index contributed by atoms with van der Waals surface area (Å²) in [5.41, 5.74) is 1.84. The van der Waals surface area contributed by atoms with Crippen LogP contribution < -0.4 is 10.3 Å². The predicted octanol–water partition coefficient (Wildman–Crippen LogP) is 1.65. The van der Waals surface area contributed by atoms with E-state index in [2.05, 4.69) is 20.7 Å². The number of carbonyl (C=O) groups excluding carboxylic acids is 1. The van der Waals surface area contributed by atoms with E-state index in [9.17, 15) is 13.2 Å². The second-order valence-corrected chi connectivity index (χ2v) is 5.77. The van der Waals surface area contributed by atoms with Crippen LogP contribution in [0.3, 0.4) is 0 Å². The molecule has 17 heavy (non-hydrogen) atoms. The number of hydrogen-bond acceptors (Lipinski definition) is 4. The summed E-state index contributed by atoms with van der Waals surface area (Å²) in [5.74, 6) is 0. The molecule has 6 nitrogen and oxygen atoms in total. The molecule has 0 aromatic heterocycles. The monoisotopic (exact) mass is 342 g/mol. The number of ether oxygens (including phenoxy) is 1. The van der Waals surface area contributed by atoms with Crippen LogP contribution in [0.15, 0.2) is 27.6 Å². The van der Waals surface area contributed by atoms with Crippen molar-refractivity contribution in [2.75, 3.05) is 7.11 Å². The first-order chi connectivity index (χ1) is 7.86. The fraction of sp³-hybridized carbons (Fsp3) is 0.125. The third-order valence-electron chi connectivity index (χ3n) is 1.66. The Kier molecular flexibility index (Phi) is 4.75. The molecule has 0 radical (unpaired) electrons. The number of methoxy groups -OCH3 is 1. The molecule has 0 atom stereocenters. The third kappa shape index (κ3) is 3.84. The van der Waals surface area contributed by atoms with Gasteiger partial charge in [-0.25, -0.2) is 18.6 Å². The molecule has 0 fully saturated rings. The van der Waals surface area contributed by atoms with Crippen LogP contribution >= 0.6 is 27.5 Å². The van der Waals surface area contributed by atoms with Crippen LogP contribution in [0.2, 0.25) is 5.02 Å². The highest BCUT2D eigenvalue weighted by atomic mass is 79.9. The molecule has 0 spiro atoms. The van der Waals surface area contributed by atoms with Crippen LogP contribution in [-0.2, 0) is 14.8 Å². The van der Waals surface area contributed by atoms with Gasteiger partial charge in [-0.2, -0.15) is 0 Å². The number of hydrogen-bond donors (Lipinski definition) is 2. The Balaban J connectivity index is 2.94. The summed E-state index contributed by atoms with van der Waals surface area (Å²) in [6.45, 7) is 0. The summed E-state index contributed by atoms with van der Waals surface area (Å²) in [6, 6.07) is 4.24. The Hall–Kier alpha value is -0.830. The van der Waals surface area contributed by atoms with Gasteiger partial charge >= 0.3 is 6.09 Å². The highest BCUT2D eigenvalue weighted by molar-refractivity contribution is 9.10. The van der Waals surface area contributed by atoms with E-state index in [0.717, 1.165) is 7.11 Å². The minimum Gasteiger partial charge on any atom is -0.452 e. The van der Waals surface area contributed by atoms with Gasteiger partial charge in [-0.15, -0.1) is 4.83 Å². The molecule has 2 N–H and O–H groups in total. The first kappa shape index (κ1) is 14.2. The van der Waals surface area contributed by atoms with Crippen molar-refractivity contribution in [3.63, 3.8) is 0 Å². The van der Waals surface area contributed by atoms with Gasteiger partial charge in [0.25, 0.3) is 10.0 Å². The summed E-state index contributed by atoms with van der Waals surface area (Å²) in [4.78, 5) is 12.4. The number of carbonyl (C=O) groups is 1. The van der Waals surface area contributed by atoms with Gasteiger partial charge in [0.05, 0.1) is 12.1 Å². The van der Waals surface area contributed by atoms with Gasteiger partial charge < -0.3 is 4.74 Å². The van der Waals surface area contributed by atoms with E-state index >= 15 is 0 Å². The Morgan fingerprint density at radius 3 is 2.65 bits per heavy atom. The Bertz CT molecular complexity index is 534. The fourth-order valence-corrected chi connectivity index (χ4v) is 2.78. The minimum absolute atomic E-state index is 0.0264. The topological polar surface area (TPSA) is 84.5 Å². The van der Waals surface area contributed by atoms with Crippen LogP contribution in [0.25, 0.3) is 0 Å². The molecule has 0 bridgehead atoms. The van der Waals surface area contributed by atoms with Crippen LogP contribution in [0.1, 0.15) is 0 Å². The Morgan fingerprint density at radius 1 is 1.47 bits per heavy atom. The quantitative estimate of drug-likeness (QED) is 0.817. The summed E-state index contributed by atoms with van der Waals surface area (Å²) in [7, 11) is -2.82. The van der Waals surface area contributed by atoms with Crippen molar-refractivity contribution in [1.29, 1.82) is 0 Å². The normalized spacial score (nSPS) is 11.0. The zero-order valence-corrected chi connectivity index (χ0v) is 11.7. The zero-order chi connectivity index (χ0) is 13.1. The van der Waals surface area contributed by atoms with Crippen molar-refractivity contribution < 1.29 is 17.9 Å². The van der Waals surface area contributed by atoms with E-state index in [1.807, 2.05) is 10.3 Å². The average Bonchev–Trinajstić information content (AvgIpc) is 2.25. The summed E-state index contributed by atoms with van der Waals surface area (Å²) in [5, 5.41) is 0.0264. The highest BCUT2D eigenvalue weighted by Crippen LogP contribution is 2.24. The number of amides is 1. The first-order valence-corrected chi connectivity index (χ1v) is 6.83. The molecule has 1 amide bonds. The van der Waals surface area contributed by atoms with E-state index in [4.69, 9.17) is 11.6 Å². The predicted molar refractivity (Wildman–Crippen MR) is 65.0 cm³/mol. The van der Waals surface area contributed by atoms with Crippen molar-refractivity contribution in [2.45, 2.75) is 4.90 Å². The van der Waals surface area contributed by atoms with Crippen LogP contribution in [0.5, 0.6) is 0 Å². The molecule has 1 aromatic rings. The minimum atomic E-state index is -3.93. The van der Waals surface area contributed by atoms with Crippen molar-refractivity contribution in [3.8, 4) is 0 Å². The molecule has 1 rings (SSSR count). The maximum absolute atomic E-state index is 11.7. The lowest BCUT2D eigenvalue weighted by atomic mass is 10.4. The average molecular weight is 344 g/mol. The summed E-state index contributed by atoms with van der Waals surface area (Å²) in [6.07, 6.45) is -0.929. The van der Waals surface area contributed by atoms with Crippen molar-refractivity contribution in [1.82, 2.24) is 10.3 Å². The SMILES string of the molecule is COC(=O)NNS(=O)(=O)c1ccc(Br)cc1Cl. The van der Waals surface area contributed by atoms with Crippen LogP contribution in [0.4, 0.5) is 4.79 Å². The van der Waals surface area contributed by atoms with Gasteiger partial charge in [-0.3, -0.25) is 0 Å². The fourth-order valence-electron chi connectivity index (χ4n) is 0.908. The molecule has 0 aliphatic rings. The second-order valence-electron chi connectivity index (χ2n) is 2.80. The van der Waals surface area contributed by atoms with Gasteiger partial charge in [0.2, 0.25) is 0 Å². The standard InChI is InChI=1S/C8H8BrClN2O4S/c1-16-8(13)11-12-17(14,15)7-3-2-5(9)4-6(7)10/h2-4,12H,1H3,(H,11,13). The molecule has 0 saturated heterocycles. The zero-order valence-electron chi connectivity index (χ0n) is 8.53. The summed E-state index contributed by atoms with van der Waals surface area (Å²) < 4.78 is 28.3. The number of halogens is 2. The van der Waals surface area contributed by atoms with E-state index < -0.39 is 16.1 Å². The number of benzene rings is 1. The molecular weight excluding hydrogens is 336 g/mol. The Labute approximate surface area is 111 Å². The first-order valence-electron chi connectivity index (χ1n) is 4.17. The van der Waals surface area contributed by atoms with Crippen molar-refractivity contribution in [3.05, 3.63) is 27.7 Å². The third-order valence-corrected chi connectivity index (χ3v) is 3.88. The lowest BCUT2D eigenvalue weighted by Crippen LogP contribution is -2.41. The molecule has 94 valence electrons. The van der Waals surface area contributed by atoms with Gasteiger partial charge in [0, 0.05) is 4.47 Å². The maximum atomic E-state index is 11.7. The van der Waals surface area contributed by atoms with Gasteiger partial charge in [0.1, 0.15) is 4.90 Å². The van der Waals surface area contributed by atoms with Crippen LogP contribution in [-0.4, -0.2) is 21.6 Å². The molecule has 0 unspecified atom stereocenters. The maximum Gasteiger partial charge on any atom is 0.422 e. The van der Waals surface area contributed by atoms with Gasteiger partial charge in [-0.1, -0.05) is 27.5 Å². The molecule has 0 saturated carbocycles. The molecule has 0 aliphatic carbocycles. The van der Waals surface area contributed by atoms with Crippen LogP contribution in [0, 0.1) is 0 Å². The van der Waals surface area contributed by atoms with E-state index in [1.54, 1.807) is 0 Å². The number of nitrogens with one attached hydrogen (secondary N) is 2.